The summed E-state index contributed by atoms with van der Waals surface area (Å²) in [6.45, 7) is 2.26. The van der Waals surface area contributed by atoms with Crippen LogP contribution in [0.5, 0.6) is 0 Å². The van der Waals surface area contributed by atoms with E-state index in [0.29, 0.717) is 0 Å². The third-order valence-corrected chi connectivity index (χ3v) is 6.14. The highest BCUT2D eigenvalue weighted by atomic mass is 32.2. The molecule has 4 heteroatoms. The lowest BCUT2D eigenvalue weighted by atomic mass is 9.99. The molecular formula is C23H34O3S. The van der Waals surface area contributed by atoms with Gasteiger partial charge in [0.05, 0.1) is 4.90 Å². The minimum Gasteiger partial charge on any atom is -0.282 e. The van der Waals surface area contributed by atoms with Gasteiger partial charge in [0.2, 0.25) is 0 Å². The van der Waals surface area contributed by atoms with Gasteiger partial charge < -0.3 is 0 Å². The number of hydrogen-bond donors (Lipinski definition) is 1. The molecule has 0 aliphatic heterocycles. The van der Waals surface area contributed by atoms with Crippen LogP contribution in [0.3, 0.4) is 0 Å². The van der Waals surface area contributed by atoms with Crippen molar-refractivity contribution in [2.45, 2.75) is 88.9 Å². The third-order valence-electron chi connectivity index (χ3n) is 5.29. The molecule has 2 rings (SSSR count). The van der Waals surface area contributed by atoms with Crippen LogP contribution < -0.4 is 0 Å². The Kier molecular flexibility index (Phi) is 9.29. The predicted octanol–water partition coefficient (Wildman–Crippen LogP) is 6.94. The van der Waals surface area contributed by atoms with Crippen molar-refractivity contribution in [2.75, 3.05) is 0 Å². The van der Waals surface area contributed by atoms with E-state index in [2.05, 4.69) is 13.0 Å². The molecule has 2 aromatic carbocycles. The fraction of sp³-hybridized carbons (Fsp3) is 0.565. The fourth-order valence-electron chi connectivity index (χ4n) is 3.67. The van der Waals surface area contributed by atoms with Gasteiger partial charge in [0.1, 0.15) is 0 Å². The zero-order chi connectivity index (χ0) is 19.5. The standard InChI is InChI=1S/C23H34O3S/c1-2-3-4-5-6-7-8-9-10-11-12-14-20-15-13-16-21-17-18-22(19-23(20)21)27(24,25)26/h13,15-19H,2-12,14H2,1H3,(H,24,25,26). The van der Waals surface area contributed by atoms with E-state index in [1.165, 1.54) is 70.3 Å². The molecule has 0 unspecified atom stereocenters. The van der Waals surface area contributed by atoms with Crippen LogP contribution >= 0.6 is 0 Å². The molecule has 0 saturated heterocycles. The van der Waals surface area contributed by atoms with Crippen LogP contribution in [0, 0.1) is 0 Å². The van der Waals surface area contributed by atoms with Gasteiger partial charge in [-0.25, -0.2) is 0 Å². The monoisotopic (exact) mass is 390 g/mol. The molecule has 2 aromatic rings. The molecule has 0 saturated carbocycles. The van der Waals surface area contributed by atoms with Crippen molar-refractivity contribution < 1.29 is 13.0 Å². The molecule has 0 spiro atoms. The molecule has 0 heterocycles. The van der Waals surface area contributed by atoms with Crippen molar-refractivity contribution in [3.8, 4) is 0 Å². The second-order valence-electron chi connectivity index (χ2n) is 7.56. The lowest BCUT2D eigenvalue weighted by Gasteiger charge is -2.08. The molecule has 150 valence electrons. The van der Waals surface area contributed by atoms with E-state index in [1.54, 1.807) is 12.1 Å². The molecule has 1 N–H and O–H groups in total. The van der Waals surface area contributed by atoms with Crippen LogP contribution in [0.4, 0.5) is 0 Å². The van der Waals surface area contributed by atoms with Crippen LogP contribution in [0.1, 0.15) is 83.1 Å². The molecule has 0 atom stereocenters. The van der Waals surface area contributed by atoms with Gasteiger partial charge in [-0.2, -0.15) is 8.42 Å². The summed E-state index contributed by atoms with van der Waals surface area (Å²) in [5.74, 6) is 0. The number of hydrogen-bond acceptors (Lipinski definition) is 2. The van der Waals surface area contributed by atoms with Crippen LogP contribution in [-0.4, -0.2) is 13.0 Å². The molecule has 0 bridgehead atoms. The average molecular weight is 391 g/mol. The summed E-state index contributed by atoms with van der Waals surface area (Å²) >= 11 is 0. The maximum atomic E-state index is 11.4. The fourth-order valence-corrected chi connectivity index (χ4v) is 4.18. The van der Waals surface area contributed by atoms with E-state index in [4.69, 9.17) is 0 Å². The van der Waals surface area contributed by atoms with Crippen molar-refractivity contribution in [3.05, 3.63) is 42.0 Å². The minimum atomic E-state index is -4.16. The Labute approximate surface area is 164 Å². The third kappa shape index (κ3) is 7.63. The quantitative estimate of drug-likeness (QED) is 0.298. The summed E-state index contributed by atoms with van der Waals surface area (Å²) in [6, 6.07) is 10.9. The van der Waals surface area contributed by atoms with E-state index in [9.17, 15) is 13.0 Å². The lowest BCUT2D eigenvalue weighted by Crippen LogP contribution is -1.98. The lowest BCUT2D eigenvalue weighted by molar-refractivity contribution is 0.483. The van der Waals surface area contributed by atoms with Crippen LogP contribution in [-0.2, 0) is 16.5 Å². The van der Waals surface area contributed by atoms with E-state index >= 15 is 0 Å². The molecular weight excluding hydrogens is 356 g/mol. The maximum Gasteiger partial charge on any atom is 0.294 e. The molecule has 3 nitrogen and oxygen atoms in total. The number of benzene rings is 2. The first kappa shape index (κ1) is 21.9. The van der Waals surface area contributed by atoms with Crippen LogP contribution in [0.25, 0.3) is 10.8 Å². The molecule has 27 heavy (non-hydrogen) atoms. The van der Waals surface area contributed by atoms with Gasteiger partial charge in [0.15, 0.2) is 0 Å². The van der Waals surface area contributed by atoms with Crippen molar-refractivity contribution in [3.63, 3.8) is 0 Å². The van der Waals surface area contributed by atoms with Crippen LogP contribution in [0.15, 0.2) is 41.3 Å². The summed E-state index contributed by atoms with van der Waals surface area (Å²) in [4.78, 5) is -0.0265. The highest BCUT2D eigenvalue weighted by molar-refractivity contribution is 7.85. The van der Waals surface area contributed by atoms with Crippen molar-refractivity contribution in [1.29, 1.82) is 0 Å². The van der Waals surface area contributed by atoms with Gasteiger partial charge in [-0.15, -0.1) is 0 Å². The first-order valence-electron chi connectivity index (χ1n) is 10.5. The maximum absolute atomic E-state index is 11.4. The second kappa shape index (κ2) is 11.5. The number of rotatable bonds is 13. The number of unbranched alkanes of at least 4 members (excludes halogenated alkanes) is 10. The Bertz CT molecular complexity index is 796. The highest BCUT2D eigenvalue weighted by Gasteiger charge is 2.11. The van der Waals surface area contributed by atoms with E-state index in [-0.39, 0.29) is 4.90 Å². The Balaban J connectivity index is 1.74. The SMILES string of the molecule is CCCCCCCCCCCCCc1cccc2ccc(S(=O)(=O)O)cc12. The summed E-state index contributed by atoms with van der Waals surface area (Å²) in [7, 11) is -4.16. The minimum absolute atomic E-state index is 0.0265. The zero-order valence-corrected chi connectivity index (χ0v) is 17.4. The highest BCUT2D eigenvalue weighted by Crippen LogP contribution is 2.24. The molecule has 0 aliphatic carbocycles. The van der Waals surface area contributed by atoms with E-state index in [1.807, 2.05) is 12.1 Å². The molecule has 0 aromatic heterocycles. The van der Waals surface area contributed by atoms with Crippen LogP contribution in [0.2, 0.25) is 0 Å². The van der Waals surface area contributed by atoms with Crippen molar-refractivity contribution in [2.24, 2.45) is 0 Å². The van der Waals surface area contributed by atoms with Gasteiger partial charge in [-0.1, -0.05) is 95.4 Å². The zero-order valence-electron chi connectivity index (χ0n) is 16.6. The van der Waals surface area contributed by atoms with E-state index in [0.717, 1.165) is 29.2 Å². The largest absolute Gasteiger partial charge is 0.294 e. The second-order valence-corrected chi connectivity index (χ2v) is 8.98. The molecule has 0 fully saturated rings. The van der Waals surface area contributed by atoms with Gasteiger partial charge in [0, 0.05) is 0 Å². The summed E-state index contributed by atoms with van der Waals surface area (Å²) in [5, 5.41) is 1.95. The van der Waals surface area contributed by atoms with Gasteiger partial charge in [-0.05, 0) is 41.3 Å². The first-order chi connectivity index (χ1) is 13.0. The molecule has 0 amide bonds. The first-order valence-corrected chi connectivity index (χ1v) is 12.0. The Morgan fingerprint density at radius 1 is 0.778 bits per heavy atom. The summed E-state index contributed by atoms with van der Waals surface area (Å²) < 4.78 is 32.1. The predicted molar refractivity (Wildman–Crippen MR) is 114 cm³/mol. The topological polar surface area (TPSA) is 54.4 Å². The molecule has 0 aliphatic rings. The molecule has 0 radical (unpaired) electrons. The van der Waals surface area contributed by atoms with Crippen molar-refractivity contribution in [1.82, 2.24) is 0 Å². The Morgan fingerprint density at radius 2 is 1.37 bits per heavy atom. The number of aryl methyl sites for hydroxylation is 1. The Morgan fingerprint density at radius 3 is 1.96 bits per heavy atom. The van der Waals surface area contributed by atoms with Crippen molar-refractivity contribution >= 4 is 20.9 Å². The van der Waals surface area contributed by atoms with Gasteiger partial charge in [-0.3, -0.25) is 4.55 Å². The van der Waals surface area contributed by atoms with Gasteiger partial charge >= 0.3 is 0 Å². The van der Waals surface area contributed by atoms with E-state index < -0.39 is 10.1 Å². The van der Waals surface area contributed by atoms with Gasteiger partial charge in [0.25, 0.3) is 10.1 Å². The Hall–Kier alpha value is -1.39. The normalized spacial score (nSPS) is 11.9. The summed E-state index contributed by atoms with van der Waals surface area (Å²) in [6.07, 6.45) is 15.4. The smallest absolute Gasteiger partial charge is 0.282 e. The number of fused-ring (bicyclic) bond motifs is 1. The average Bonchev–Trinajstić information content (AvgIpc) is 2.65. The summed E-state index contributed by atoms with van der Waals surface area (Å²) in [5.41, 5.74) is 1.16.